The Bertz CT molecular complexity index is 700. The number of hydrogen-bond acceptors (Lipinski definition) is 2. The molecule has 0 fully saturated rings. The van der Waals surface area contributed by atoms with E-state index in [1.807, 2.05) is 0 Å². The maximum Gasteiger partial charge on any atom is 0.336 e. The number of carboxylic acids is 2. The van der Waals surface area contributed by atoms with Gasteiger partial charge in [0.15, 0.2) is 0 Å². The maximum atomic E-state index is 11.2. The van der Waals surface area contributed by atoms with Gasteiger partial charge < -0.3 is 10.2 Å². The Morgan fingerprint density at radius 2 is 1.56 bits per heavy atom. The summed E-state index contributed by atoms with van der Waals surface area (Å²) < 4.78 is 0. The van der Waals surface area contributed by atoms with Crippen LogP contribution in [0.15, 0.2) is 24.3 Å². The second-order valence-electron chi connectivity index (χ2n) is 4.40. The quantitative estimate of drug-likeness (QED) is 0.847. The van der Waals surface area contributed by atoms with Gasteiger partial charge in [0.2, 0.25) is 0 Å². The van der Waals surface area contributed by atoms with E-state index in [2.05, 4.69) is 0 Å². The van der Waals surface area contributed by atoms with E-state index in [4.69, 9.17) is 10.2 Å². The van der Waals surface area contributed by atoms with Gasteiger partial charge in [0.1, 0.15) is 0 Å². The minimum atomic E-state index is -0.984. The third-order valence-corrected chi connectivity index (χ3v) is 3.48. The van der Waals surface area contributed by atoms with Crippen molar-refractivity contribution in [3.8, 4) is 0 Å². The third-order valence-electron chi connectivity index (χ3n) is 3.48. The molecule has 0 aliphatic heterocycles. The molecule has 0 amide bonds. The van der Waals surface area contributed by atoms with Gasteiger partial charge >= 0.3 is 11.9 Å². The van der Waals surface area contributed by atoms with Crippen molar-refractivity contribution in [3.63, 3.8) is 0 Å². The van der Waals surface area contributed by atoms with E-state index in [1.54, 1.807) is 18.2 Å². The van der Waals surface area contributed by atoms with E-state index in [9.17, 15) is 9.59 Å². The SMILES string of the molecule is O=C(O)c1ccc2c(C(=O)O)ccc3c2c1CC3. The Labute approximate surface area is 102 Å². The van der Waals surface area contributed by atoms with E-state index < -0.39 is 11.9 Å². The smallest absolute Gasteiger partial charge is 0.336 e. The third kappa shape index (κ3) is 1.32. The fraction of sp³-hybridized carbons (Fsp3) is 0.143. The van der Waals surface area contributed by atoms with Gasteiger partial charge in [0.05, 0.1) is 11.1 Å². The predicted molar refractivity (Wildman–Crippen MR) is 65.3 cm³/mol. The molecule has 18 heavy (non-hydrogen) atoms. The Kier molecular flexibility index (Phi) is 2.13. The maximum absolute atomic E-state index is 11.2. The van der Waals surface area contributed by atoms with Crippen LogP contribution in [-0.4, -0.2) is 22.2 Å². The van der Waals surface area contributed by atoms with Crippen molar-refractivity contribution in [2.45, 2.75) is 12.8 Å². The number of carbonyl (C=O) groups is 2. The van der Waals surface area contributed by atoms with Gasteiger partial charge in [-0.1, -0.05) is 12.1 Å². The summed E-state index contributed by atoms with van der Waals surface area (Å²) in [6.45, 7) is 0. The monoisotopic (exact) mass is 242 g/mol. The average molecular weight is 242 g/mol. The summed E-state index contributed by atoms with van der Waals surface area (Å²) in [4.78, 5) is 22.3. The summed E-state index contributed by atoms with van der Waals surface area (Å²) in [5.74, 6) is -1.94. The molecular formula is C14H10O4. The molecule has 0 bridgehead atoms. The Morgan fingerprint density at radius 3 is 2.22 bits per heavy atom. The topological polar surface area (TPSA) is 74.6 Å². The summed E-state index contributed by atoms with van der Waals surface area (Å²) in [5.41, 5.74) is 2.31. The van der Waals surface area contributed by atoms with Crippen LogP contribution in [-0.2, 0) is 12.8 Å². The Balaban J connectivity index is 2.44. The highest BCUT2D eigenvalue weighted by molar-refractivity contribution is 6.09. The standard InChI is InChI=1S/C14H10O4/c15-13(16)10-4-2-7-1-3-8-11(14(17)18)6-5-9(10)12(7)8/h2,4-6H,1,3H2,(H,15,16)(H,17,18). The fourth-order valence-electron chi connectivity index (χ4n) is 2.71. The van der Waals surface area contributed by atoms with Crippen LogP contribution in [0.1, 0.15) is 31.8 Å². The second-order valence-corrected chi connectivity index (χ2v) is 4.40. The number of rotatable bonds is 2. The van der Waals surface area contributed by atoms with Crippen molar-refractivity contribution in [1.29, 1.82) is 0 Å². The molecule has 2 N–H and O–H groups in total. The molecule has 2 aromatic rings. The minimum Gasteiger partial charge on any atom is -0.478 e. The number of hydrogen-bond donors (Lipinski definition) is 2. The normalized spacial score (nSPS) is 12.9. The van der Waals surface area contributed by atoms with Crippen LogP contribution < -0.4 is 0 Å². The molecule has 0 heterocycles. The fourth-order valence-corrected chi connectivity index (χ4v) is 2.71. The summed E-state index contributed by atoms with van der Waals surface area (Å²) in [6.07, 6.45) is 1.44. The molecular weight excluding hydrogens is 232 g/mol. The van der Waals surface area contributed by atoms with Crippen molar-refractivity contribution >= 4 is 22.7 Å². The van der Waals surface area contributed by atoms with Crippen molar-refractivity contribution in [3.05, 3.63) is 46.5 Å². The Morgan fingerprint density at radius 1 is 0.889 bits per heavy atom. The number of benzene rings is 2. The molecule has 4 nitrogen and oxygen atoms in total. The summed E-state index contributed by atoms with van der Waals surface area (Å²) >= 11 is 0. The highest BCUT2D eigenvalue weighted by Gasteiger charge is 2.23. The van der Waals surface area contributed by atoms with Crippen LogP contribution in [0.25, 0.3) is 10.8 Å². The molecule has 1 aliphatic carbocycles. The summed E-state index contributed by atoms with van der Waals surface area (Å²) in [7, 11) is 0. The number of aromatic carboxylic acids is 2. The van der Waals surface area contributed by atoms with Crippen LogP contribution in [0.5, 0.6) is 0 Å². The van der Waals surface area contributed by atoms with Gasteiger partial charge in [-0.15, -0.1) is 0 Å². The minimum absolute atomic E-state index is 0.230. The highest BCUT2D eigenvalue weighted by Crippen LogP contribution is 2.35. The first kappa shape index (κ1) is 10.8. The van der Waals surface area contributed by atoms with Crippen LogP contribution in [0, 0.1) is 0 Å². The Hall–Kier alpha value is -2.36. The van der Waals surface area contributed by atoms with Crippen molar-refractivity contribution in [2.75, 3.05) is 0 Å². The van der Waals surface area contributed by atoms with E-state index in [0.29, 0.717) is 11.8 Å². The molecule has 1 aliphatic rings. The van der Waals surface area contributed by atoms with Crippen LogP contribution in [0.3, 0.4) is 0 Å². The largest absolute Gasteiger partial charge is 0.478 e. The van der Waals surface area contributed by atoms with Crippen molar-refractivity contribution in [1.82, 2.24) is 0 Å². The van der Waals surface area contributed by atoms with Crippen molar-refractivity contribution < 1.29 is 19.8 Å². The van der Waals surface area contributed by atoms with E-state index in [0.717, 1.165) is 22.9 Å². The summed E-state index contributed by atoms with van der Waals surface area (Å²) in [5, 5.41) is 19.7. The second kappa shape index (κ2) is 3.57. The van der Waals surface area contributed by atoms with Gasteiger partial charge in [-0.2, -0.15) is 0 Å². The van der Waals surface area contributed by atoms with Crippen LogP contribution in [0.4, 0.5) is 0 Å². The molecule has 90 valence electrons. The molecule has 2 aromatic carbocycles. The first-order chi connectivity index (χ1) is 8.59. The zero-order valence-corrected chi connectivity index (χ0v) is 9.43. The first-order valence-corrected chi connectivity index (χ1v) is 5.63. The average Bonchev–Trinajstić information content (AvgIpc) is 2.75. The number of aryl methyl sites for hydroxylation is 2. The molecule has 0 spiro atoms. The zero-order chi connectivity index (χ0) is 12.9. The lowest BCUT2D eigenvalue weighted by Gasteiger charge is -2.07. The lowest BCUT2D eigenvalue weighted by atomic mass is 9.97. The molecule has 0 saturated carbocycles. The van der Waals surface area contributed by atoms with Gasteiger partial charge in [0.25, 0.3) is 0 Å². The van der Waals surface area contributed by atoms with E-state index in [1.165, 1.54) is 6.07 Å². The van der Waals surface area contributed by atoms with Crippen LogP contribution in [0.2, 0.25) is 0 Å². The first-order valence-electron chi connectivity index (χ1n) is 5.63. The molecule has 3 rings (SSSR count). The molecule has 0 atom stereocenters. The van der Waals surface area contributed by atoms with Gasteiger partial charge in [-0.3, -0.25) is 0 Å². The lowest BCUT2D eigenvalue weighted by Crippen LogP contribution is -2.03. The molecule has 0 radical (unpaired) electrons. The van der Waals surface area contributed by atoms with Crippen molar-refractivity contribution in [2.24, 2.45) is 0 Å². The van der Waals surface area contributed by atoms with Gasteiger partial charge in [-0.05, 0) is 46.9 Å². The molecule has 0 unspecified atom stereocenters. The van der Waals surface area contributed by atoms with E-state index >= 15 is 0 Å². The lowest BCUT2D eigenvalue weighted by molar-refractivity contribution is 0.0687. The molecule has 4 heteroatoms. The van der Waals surface area contributed by atoms with E-state index in [-0.39, 0.29) is 11.1 Å². The van der Waals surface area contributed by atoms with Crippen LogP contribution >= 0.6 is 0 Å². The van der Waals surface area contributed by atoms with Gasteiger partial charge in [0, 0.05) is 0 Å². The molecule has 0 aromatic heterocycles. The molecule has 0 saturated heterocycles. The summed E-state index contributed by atoms with van der Waals surface area (Å²) in [6, 6.07) is 6.48. The zero-order valence-electron chi connectivity index (χ0n) is 9.43. The predicted octanol–water partition coefficient (Wildman–Crippen LogP) is 2.33. The number of carboxylic acid groups (broad SMARTS) is 2. The van der Waals surface area contributed by atoms with Gasteiger partial charge in [-0.25, -0.2) is 9.59 Å². The highest BCUT2D eigenvalue weighted by atomic mass is 16.4.